The molecule has 3 N–H and O–H groups in total. The van der Waals surface area contributed by atoms with Crippen LogP contribution in [0.4, 0.5) is 0 Å². The van der Waals surface area contributed by atoms with Crippen LogP contribution in [0.15, 0.2) is 51.7 Å². The summed E-state index contributed by atoms with van der Waals surface area (Å²) in [6.07, 6.45) is 0. The number of quaternary nitrogens is 1. The Kier molecular flexibility index (Phi) is 3.77. The van der Waals surface area contributed by atoms with E-state index < -0.39 is 5.63 Å². The molecule has 6 heteroatoms. The quantitative estimate of drug-likeness (QED) is 0.382. The lowest BCUT2D eigenvalue weighted by Gasteiger charge is -2.11. The van der Waals surface area contributed by atoms with E-state index >= 15 is 0 Å². The molecule has 26 heavy (non-hydrogen) atoms. The highest BCUT2D eigenvalue weighted by atomic mass is 16.4. The second kappa shape index (κ2) is 6.00. The highest BCUT2D eigenvalue weighted by molar-refractivity contribution is 5.85. The van der Waals surface area contributed by atoms with Crippen LogP contribution in [0.3, 0.4) is 0 Å². The van der Waals surface area contributed by atoms with Crippen LogP contribution in [0.2, 0.25) is 0 Å². The van der Waals surface area contributed by atoms with Crippen molar-refractivity contribution >= 4 is 22.0 Å². The predicted octanol–water partition coefficient (Wildman–Crippen LogP) is 1.12. The average Bonchev–Trinajstić information content (AvgIpc) is 2.94. The van der Waals surface area contributed by atoms with Crippen molar-refractivity contribution in [2.24, 2.45) is 7.05 Å². The van der Waals surface area contributed by atoms with Crippen LogP contribution in [0.25, 0.3) is 33.4 Å². The van der Waals surface area contributed by atoms with Crippen molar-refractivity contribution in [1.29, 1.82) is 0 Å². The first-order valence-corrected chi connectivity index (χ1v) is 8.50. The summed E-state index contributed by atoms with van der Waals surface area (Å²) in [7, 11) is 5.87. The van der Waals surface area contributed by atoms with Gasteiger partial charge in [-0.2, -0.15) is 0 Å². The van der Waals surface area contributed by atoms with E-state index in [4.69, 9.17) is 4.42 Å². The number of imidazole rings is 1. The second-order valence-corrected chi connectivity index (χ2v) is 6.86. The van der Waals surface area contributed by atoms with Gasteiger partial charge in [-0.15, -0.1) is 0 Å². The number of hydrogen-bond acceptors (Lipinski definition) is 3. The molecule has 0 atom stereocenters. The molecular formula is C20H21N3O3+2. The number of aromatic amines is 1. The molecule has 0 spiro atoms. The average molecular weight is 351 g/mol. The van der Waals surface area contributed by atoms with E-state index in [-0.39, 0.29) is 5.75 Å². The molecule has 0 aliphatic rings. The lowest BCUT2D eigenvalue weighted by atomic mass is 10.1. The molecule has 6 nitrogen and oxygen atoms in total. The van der Waals surface area contributed by atoms with Crippen LogP contribution >= 0.6 is 0 Å². The van der Waals surface area contributed by atoms with Gasteiger partial charge in [0.2, 0.25) is 0 Å². The number of rotatable bonds is 3. The summed E-state index contributed by atoms with van der Waals surface area (Å²) in [4.78, 5) is 17.1. The minimum Gasteiger partial charge on any atom is -0.507 e. The number of H-pyrrole nitrogens is 1. The number of para-hydroxylation sites is 2. The molecule has 0 saturated heterocycles. The fourth-order valence-electron chi connectivity index (χ4n) is 3.37. The number of fused-ring (bicyclic) bond motifs is 2. The Morgan fingerprint density at radius 1 is 1.19 bits per heavy atom. The van der Waals surface area contributed by atoms with E-state index in [0.29, 0.717) is 29.1 Å². The Balaban J connectivity index is 1.97. The summed E-state index contributed by atoms with van der Waals surface area (Å²) < 4.78 is 7.59. The van der Waals surface area contributed by atoms with Crippen molar-refractivity contribution in [3.05, 3.63) is 58.4 Å². The van der Waals surface area contributed by atoms with Gasteiger partial charge in [0, 0.05) is 5.39 Å². The van der Waals surface area contributed by atoms with Crippen LogP contribution < -0.4 is 15.1 Å². The third kappa shape index (κ3) is 2.55. The normalized spacial score (nSPS) is 11.7. The molecule has 2 aromatic heterocycles. The van der Waals surface area contributed by atoms with Crippen LogP contribution in [0.5, 0.6) is 5.75 Å². The zero-order chi connectivity index (χ0) is 18.4. The van der Waals surface area contributed by atoms with Gasteiger partial charge in [0.25, 0.3) is 5.82 Å². The Labute approximate surface area is 149 Å². The topological polar surface area (TPSA) is 74.5 Å². The van der Waals surface area contributed by atoms with Gasteiger partial charge >= 0.3 is 5.63 Å². The molecule has 0 aliphatic heterocycles. The molecule has 0 aliphatic carbocycles. The molecule has 0 saturated carbocycles. The van der Waals surface area contributed by atoms with Gasteiger partial charge in [-0.1, -0.05) is 12.1 Å². The molecular weight excluding hydrogens is 330 g/mol. The van der Waals surface area contributed by atoms with Gasteiger partial charge in [0.05, 0.1) is 26.7 Å². The van der Waals surface area contributed by atoms with Crippen LogP contribution in [0.1, 0.15) is 5.56 Å². The molecule has 0 radical (unpaired) electrons. The number of aromatic hydroxyl groups is 1. The van der Waals surface area contributed by atoms with Gasteiger partial charge in [0.1, 0.15) is 12.3 Å². The number of nitrogens with one attached hydrogen (secondary N) is 2. The number of phenolic OH excluding ortho intramolecular Hbond substituents is 1. The van der Waals surface area contributed by atoms with E-state index in [2.05, 4.69) is 4.98 Å². The maximum Gasteiger partial charge on any atom is 0.352 e. The van der Waals surface area contributed by atoms with Crippen molar-refractivity contribution in [1.82, 2.24) is 4.98 Å². The molecule has 4 rings (SSSR count). The molecule has 2 heterocycles. The lowest BCUT2D eigenvalue weighted by Crippen LogP contribution is -3.04. The van der Waals surface area contributed by atoms with Crippen molar-refractivity contribution in [2.45, 2.75) is 6.54 Å². The number of hydrogen-bond donors (Lipinski definition) is 3. The predicted molar refractivity (Wildman–Crippen MR) is 99.1 cm³/mol. The van der Waals surface area contributed by atoms with Gasteiger partial charge in [-0.25, -0.2) is 14.3 Å². The highest BCUT2D eigenvalue weighted by Gasteiger charge is 2.23. The molecule has 2 aromatic carbocycles. The molecule has 0 unspecified atom stereocenters. The largest absolute Gasteiger partial charge is 0.507 e. The molecule has 4 aromatic rings. The van der Waals surface area contributed by atoms with Gasteiger partial charge in [0.15, 0.2) is 22.2 Å². The van der Waals surface area contributed by atoms with E-state index in [1.807, 2.05) is 56.0 Å². The second-order valence-electron chi connectivity index (χ2n) is 6.86. The maximum atomic E-state index is 12.7. The smallest absolute Gasteiger partial charge is 0.352 e. The first-order chi connectivity index (χ1) is 12.5. The molecule has 132 valence electrons. The molecule has 0 bridgehead atoms. The summed E-state index contributed by atoms with van der Waals surface area (Å²) in [6.45, 7) is 0.561. The lowest BCUT2D eigenvalue weighted by molar-refractivity contribution is -0.872. The summed E-state index contributed by atoms with van der Waals surface area (Å²) in [5, 5.41) is 11.0. The van der Waals surface area contributed by atoms with E-state index in [0.717, 1.165) is 21.3 Å². The van der Waals surface area contributed by atoms with E-state index in [9.17, 15) is 9.90 Å². The maximum absolute atomic E-state index is 12.7. The SMILES string of the molecule is C[n+]1c(-c2cc3ccc(O)c(C[NH+](C)C)c3oc2=O)[nH]c2ccccc21. The third-order valence-electron chi connectivity index (χ3n) is 4.62. The van der Waals surface area contributed by atoms with Gasteiger partial charge in [-0.05, 0) is 30.3 Å². The summed E-state index contributed by atoms with van der Waals surface area (Å²) in [6, 6.07) is 13.1. The zero-order valence-corrected chi connectivity index (χ0v) is 15.0. The van der Waals surface area contributed by atoms with Crippen LogP contribution in [-0.2, 0) is 13.6 Å². The van der Waals surface area contributed by atoms with E-state index in [1.54, 1.807) is 12.1 Å². The number of aromatic nitrogens is 2. The third-order valence-corrected chi connectivity index (χ3v) is 4.62. The number of nitrogens with zero attached hydrogens (tertiary/aromatic N) is 1. The minimum absolute atomic E-state index is 0.144. The zero-order valence-electron chi connectivity index (χ0n) is 15.0. The van der Waals surface area contributed by atoms with E-state index in [1.165, 1.54) is 0 Å². The van der Waals surface area contributed by atoms with Gasteiger partial charge in [-0.3, -0.25) is 0 Å². The van der Waals surface area contributed by atoms with Crippen molar-refractivity contribution < 1.29 is 19.0 Å². The minimum atomic E-state index is -0.430. The monoisotopic (exact) mass is 351 g/mol. The number of phenols is 1. The Morgan fingerprint density at radius 3 is 2.69 bits per heavy atom. The molecule has 0 fully saturated rings. The fraction of sp³-hybridized carbons (Fsp3) is 0.200. The highest BCUT2D eigenvalue weighted by Crippen LogP contribution is 2.28. The summed E-state index contributed by atoms with van der Waals surface area (Å²) in [5.41, 5.74) is 3.08. The summed E-state index contributed by atoms with van der Waals surface area (Å²) >= 11 is 0. The van der Waals surface area contributed by atoms with Crippen LogP contribution in [0, 0.1) is 0 Å². The number of benzene rings is 2. The number of aryl methyl sites for hydroxylation is 1. The standard InChI is InChI=1S/C20H19N3O3/c1-22(2)11-14-17(24)9-8-12-10-13(20(25)26-18(12)14)19-21-15-6-4-5-7-16(15)23(19)3/h4-10H,11H2,1-3H3,(H,21,24,25)/p+2. The van der Waals surface area contributed by atoms with Crippen molar-refractivity contribution in [2.75, 3.05) is 14.1 Å². The van der Waals surface area contributed by atoms with Crippen molar-refractivity contribution in [3.63, 3.8) is 0 Å². The Bertz CT molecular complexity index is 1190. The Hall–Kier alpha value is -3.12. The molecule has 0 amide bonds. The first-order valence-electron chi connectivity index (χ1n) is 8.50. The summed E-state index contributed by atoms with van der Waals surface area (Å²) in [5.74, 6) is 0.834. The Morgan fingerprint density at radius 2 is 1.96 bits per heavy atom. The van der Waals surface area contributed by atoms with Gasteiger partial charge < -0.3 is 14.4 Å². The van der Waals surface area contributed by atoms with Crippen molar-refractivity contribution in [3.8, 4) is 17.1 Å². The first kappa shape index (κ1) is 16.4. The fourth-order valence-corrected chi connectivity index (χ4v) is 3.37. The van der Waals surface area contributed by atoms with Crippen LogP contribution in [-0.4, -0.2) is 24.2 Å².